The summed E-state index contributed by atoms with van der Waals surface area (Å²) in [4.78, 5) is 12.6. The topological polar surface area (TPSA) is 78.3 Å². The molecule has 0 radical (unpaired) electrons. The van der Waals surface area contributed by atoms with Gasteiger partial charge in [0, 0.05) is 11.3 Å². The second kappa shape index (κ2) is 7.40. The number of ether oxygens (including phenoxy) is 2. The van der Waals surface area contributed by atoms with Crippen LogP contribution in [0.5, 0.6) is 5.75 Å². The second-order valence-corrected chi connectivity index (χ2v) is 6.51. The monoisotopic (exact) mass is 382 g/mol. The van der Waals surface area contributed by atoms with Crippen molar-refractivity contribution in [1.82, 2.24) is 15.0 Å². The smallest absolute Gasteiger partial charge is 0.278 e. The Morgan fingerprint density at radius 1 is 1.29 bits per heavy atom. The number of hydrogen-bond donors (Lipinski definition) is 1. The second-order valence-electron chi connectivity index (χ2n) is 6.51. The molecule has 1 amide bonds. The Labute approximate surface area is 161 Å². The molecule has 144 valence electrons. The molecule has 4 rings (SSSR count). The number of benzene rings is 2. The number of fused-ring (bicyclic) bond motifs is 1. The number of methoxy groups -OCH3 is 1. The van der Waals surface area contributed by atoms with E-state index in [1.165, 1.54) is 6.07 Å². The largest absolute Gasteiger partial charge is 0.497 e. The van der Waals surface area contributed by atoms with Crippen LogP contribution in [0.2, 0.25) is 0 Å². The normalized spacial score (nSPS) is 15.8. The molecule has 1 aliphatic heterocycles. The number of nitrogens with zero attached hydrogens (tertiary/aromatic N) is 3. The van der Waals surface area contributed by atoms with Crippen molar-refractivity contribution in [2.45, 2.75) is 26.2 Å². The van der Waals surface area contributed by atoms with Crippen LogP contribution in [0.1, 0.15) is 33.4 Å². The number of rotatable bonds is 4. The molecule has 2 aromatic carbocycles. The third-order valence-electron chi connectivity index (χ3n) is 4.82. The summed E-state index contributed by atoms with van der Waals surface area (Å²) in [6, 6.07) is 12.1. The molecule has 0 fully saturated rings. The first-order chi connectivity index (χ1) is 13.6. The molecule has 3 aromatic rings. The van der Waals surface area contributed by atoms with Crippen LogP contribution in [-0.2, 0) is 17.9 Å². The van der Waals surface area contributed by atoms with Crippen LogP contribution >= 0.6 is 0 Å². The zero-order chi connectivity index (χ0) is 19.7. The summed E-state index contributed by atoms with van der Waals surface area (Å²) in [7, 11) is 1.62. The van der Waals surface area contributed by atoms with Crippen LogP contribution in [0.15, 0.2) is 42.5 Å². The number of nitrogens with one attached hydrogen (secondary N) is 1. The van der Waals surface area contributed by atoms with Gasteiger partial charge in [0.25, 0.3) is 5.91 Å². The molecule has 0 aliphatic carbocycles. The first-order valence-corrected chi connectivity index (χ1v) is 8.81. The van der Waals surface area contributed by atoms with E-state index in [4.69, 9.17) is 9.47 Å². The van der Waals surface area contributed by atoms with Gasteiger partial charge < -0.3 is 14.8 Å². The van der Waals surface area contributed by atoms with Gasteiger partial charge in [-0.25, -0.2) is 9.07 Å². The van der Waals surface area contributed by atoms with Gasteiger partial charge in [0.1, 0.15) is 17.7 Å². The molecule has 8 heteroatoms. The van der Waals surface area contributed by atoms with E-state index >= 15 is 0 Å². The van der Waals surface area contributed by atoms with Crippen LogP contribution in [0.3, 0.4) is 0 Å². The van der Waals surface area contributed by atoms with Crippen molar-refractivity contribution in [3.05, 3.63) is 70.8 Å². The average Bonchev–Trinajstić information content (AvgIpc) is 3.15. The van der Waals surface area contributed by atoms with Gasteiger partial charge in [-0.1, -0.05) is 23.4 Å². The van der Waals surface area contributed by atoms with Crippen molar-refractivity contribution in [2.24, 2.45) is 0 Å². The van der Waals surface area contributed by atoms with E-state index in [9.17, 15) is 9.18 Å². The Morgan fingerprint density at radius 2 is 2.07 bits per heavy atom. The van der Waals surface area contributed by atoms with Gasteiger partial charge in [0.2, 0.25) is 0 Å². The summed E-state index contributed by atoms with van der Waals surface area (Å²) in [5.41, 5.74) is 2.53. The van der Waals surface area contributed by atoms with Gasteiger partial charge in [-0.05, 0) is 36.8 Å². The first-order valence-electron chi connectivity index (χ1n) is 8.81. The maximum absolute atomic E-state index is 13.7. The number of hydrogen-bond acceptors (Lipinski definition) is 5. The van der Waals surface area contributed by atoms with Crippen molar-refractivity contribution >= 4 is 11.6 Å². The molecule has 28 heavy (non-hydrogen) atoms. The zero-order valence-corrected chi connectivity index (χ0v) is 15.5. The van der Waals surface area contributed by atoms with Crippen molar-refractivity contribution in [3.8, 4) is 5.75 Å². The minimum absolute atomic E-state index is 0.178. The molecule has 0 saturated heterocycles. The van der Waals surface area contributed by atoms with Crippen LogP contribution in [0.25, 0.3) is 0 Å². The summed E-state index contributed by atoms with van der Waals surface area (Å²) in [6.45, 7) is 2.25. The SMILES string of the molecule is COc1ccc([C@H]2Cn3nnc(C(=O)Nc4cccc(F)c4C)c3CO2)cc1. The van der Waals surface area contributed by atoms with Gasteiger partial charge >= 0.3 is 0 Å². The predicted molar refractivity (Wildman–Crippen MR) is 99.6 cm³/mol. The highest BCUT2D eigenvalue weighted by molar-refractivity contribution is 6.04. The fraction of sp³-hybridized carbons (Fsp3) is 0.250. The third-order valence-corrected chi connectivity index (χ3v) is 4.82. The van der Waals surface area contributed by atoms with E-state index in [-0.39, 0.29) is 24.2 Å². The third kappa shape index (κ3) is 3.34. The van der Waals surface area contributed by atoms with E-state index in [0.29, 0.717) is 23.5 Å². The summed E-state index contributed by atoms with van der Waals surface area (Å²) >= 11 is 0. The Balaban J connectivity index is 1.51. The summed E-state index contributed by atoms with van der Waals surface area (Å²) in [5.74, 6) is -0.0532. The standard InChI is InChI=1S/C20H19FN4O3/c1-12-15(21)4-3-5-16(12)22-20(26)19-17-11-28-18(10-25(17)24-23-19)13-6-8-14(27-2)9-7-13/h3-9,18H,10-11H2,1-2H3,(H,22,26)/t18-/m1/s1. The Morgan fingerprint density at radius 3 is 2.82 bits per heavy atom. The van der Waals surface area contributed by atoms with E-state index in [0.717, 1.165) is 11.3 Å². The maximum Gasteiger partial charge on any atom is 0.278 e. The highest BCUT2D eigenvalue weighted by Gasteiger charge is 2.28. The van der Waals surface area contributed by atoms with E-state index in [1.807, 2.05) is 24.3 Å². The highest BCUT2D eigenvalue weighted by atomic mass is 19.1. The number of halogens is 1. The Hall–Kier alpha value is -3.26. The molecule has 0 bridgehead atoms. The summed E-state index contributed by atoms with van der Waals surface area (Å²) < 4.78 is 26.5. The molecular weight excluding hydrogens is 363 g/mol. The molecule has 7 nitrogen and oxygen atoms in total. The maximum atomic E-state index is 13.7. The quantitative estimate of drug-likeness (QED) is 0.749. The number of amides is 1. The molecule has 1 aromatic heterocycles. The number of carbonyl (C=O) groups excluding carboxylic acids is 1. The lowest BCUT2D eigenvalue weighted by atomic mass is 10.1. The van der Waals surface area contributed by atoms with Gasteiger partial charge in [0.05, 0.1) is 26.0 Å². The van der Waals surface area contributed by atoms with E-state index < -0.39 is 5.91 Å². The number of carbonyl (C=O) groups is 1. The lowest BCUT2D eigenvalue weighted by Gasteiger charge is -2.24. The summed E-state index contributed by atoms with van der Waals surface area (Å²) in [5, 5.41) is 10.8. The lowest BCUT2D eigenvalue weighted by Crippen LogP contribution is -2.24. The van der Waals surface area contributed by atoms with Gasteiger partial charge in [0.15, 0.2) is 5.69 Å². The van der Waals surface area contributed by atoms with Crippen molar-refractivity contribution in [3.63, 3.8) is 0 Å². The average molecular weight is 382 g/mol. The van der Waals surface area contributed by atoms with E-state index in [1.54, 1.807) is 30.8 Å². The Kier molecular flexibility index (Phi) is 4.79. The number of aromatic nitrogens is 3. The lowest BCUT2D eigenvalue weighted by molar-refractivity contribution is -0.00173. The van der Waals surface area contributed by atoms with Crippen LogP contribution in [0, 0.1) is 12.7 Å². The molecule has 0 unspecified atom stereocenters. The van der Waals surface area contributed by atoms with Crippen molar-refractivity contribution in [2.75, 3.05) is 12.4 Å². The fourth-order valence-corrected chi connectivity index (χ4v) is 3.13. The molecule has 1 N–H and O–H groups in total. The fourth-order valence-electron chi connectivity index (χ4n) is 3.13. The first kappa shape index (κ1) is 18.1. The molecular formula is C20H19FN4O3. The number of anilines is 1. The molecule has 1 aliphatic rings. The van der Waals surface area contributed by atoms with Gasteiger partial charge in [-0.15, -0.1) is 5.10 Å². The highest BCUT2D eigenvalue weighted by Crippen LogP contribution is 2.28. The predicted octanol–water partition coefficient (Wildman–Crippen LogP) is 3.26. The molecule has 0 saturated carbocycles. The van der Waals surface area contributed by atoms with Crippen LogP contribution in [0.4, 0.5) is 10.1 Å². The summed E-state index contributed by atoms with van der Waals surface area (Å²) in [6.07, 6.45) is -0.193. The van der Waals surface area contributed by atoms with Gasteiger partial charge in [-0.3, -0.25) is 4.79 Å². The molecule has 2 heterocycles. The molecule has 0 spiro atoms. The minimum Gasteiger partial charge on any atom is -0.497 e. The Bertz CT molecular complexity index is 1020. The minimum atomic E-state index is -0.443. The zero-order valence-electron chi connectivity index (χ0n) is 15.5. The van der Waals surface area contributed by atoms with Crippen LogP contribution in [-0.4, -0.2) is 28.0 Å². The van der Waals surface area contributed by atoms with Gasteiger partial charge in [-0.2, -0.15) is 0 Å². The molecule has 1 atom stereocenters. The van der Waals surface area contributed by atoms with Crippen molar-refractivity contribution in [1.29, 1.82) is 0 Å². The van der Waals surface area contributed by atoms with Crippen molar-refractivity contribution < 1.29 is 18.7 Å². The van der Waals surface area contributed by atoms with E-state index in [2.05, 4.69) is 15.6 Å². The van der Waals surface area contributed by atoms with Crippen LogP contribution < -0.4 is 10.1 Å².